The second kappa shape index (κ2) is 6.95. The molecule has 2 aromatic heterocycles. The quantitative estimate of drug-likeness (QED) is 0.816. The smallest absolute Gasteiger partial charge is 0.258 e. The molecule has 138 valence electrons. The van der Waals surface area contributed by atoms with Crippen molar-refractivity contribution in [2.75, 3.05) is 5.01 Å². The van der Waals surface area contributed by atoms with Crippen molar-refractivity contribution >= 4 is 17.5 Å². The SMILES string of the molecule is O=c1[nH]cc(C#CC2CC2)c2c1C1=CN=CCC1=CN2NCc1ccccn1. The van der Waals surface area contributed by atoms with E-state index in [4.69, 9.17) is 0 Å². The molecule has 2 aromatic rings. The van der Waals surface area contributed by atoms with Crippen LogP contribution in [0, 0.1) is 17.8 Å². The van der Waals surface area contributed by atoms with Gasteiger partial charge in [0.2, 0.25) is 0 Å². The number of rotatable bonds is 3. The Morgan fingerprint density at radius 1 is 1.32 bits per heavy atom. The maximum absolute atomic E-state index is 12.8. The molecule has 6 nitrogen and oxygen atoms in total. The van der Waals surface area contributed by atoms with Crippen LogP contribution in [0.4, 0.5) is 5.69 Å². The number of pyridine rings is 2. The highest BCUT2D eigenvalue weighted by atomic mass is 16.1. The molecule has 2 aliphatic heterocycles. The lowest BCUT2D eigenvalue weighted by Crippen LogP contribution is -2.38. The van der Waals surface area contributed by atoms with Crippen LogP contribution in [0.15, 0.2) is 58.4 Å². The highest BCUT2D eigenvalue weighted by molar-refractivity contribution is 5.95. The molecule has 4 heterocycles. The van der Waals surface area contributed by atoms with E-state index >= 15 is 0 Å². The summed E-state index contributed by atoms with van der Waals surface area (Å²) in [5.41, 5.74) is 8.30. The van der Waals surface area contributed by atoms with Crippen molar-refractivity contribution in [2.24, 2.45) is 10.9 Å². The van der Waals surface area contributed by atoms with E-state index in [1.54, 1.807) is 18.6 Å². The highest BCUT2D eigenvalue weighted by Crippen LogP contribution is 2.38. The van der Waals surface area contributed by atoms with Crippen molar-refractivity contribution in [2.45, 2.75) is 25.8 Å². The van der Waals surface area contributed by atoms with Gasteiger partial charge >= 0.3 is 0 Å². The van der Waals surface area contributed by atoms with E-state index in [-0.39, 0.29) is 5.56 Å². The lowest BCUT2D eigenvalue weighted by Gasteiger charge is -2.31. The summed E-state index contributed by atoms with van der Waals surface area (Å²) >= 11 is 0. The Kier molecular flexibility index (Phi) is 4.15. The number of aromatic amines is 1. The number of hydrazine groups is 1. The van der Waals surface area contributed by atoms with Gasteiger partial charge in [0.05, 0.1) is 29.1 Å². The van der Waals surface area contributed by atoms with Crippen molar-refractivity contribution < 1.29 is 0 Å². The van der Waals surface area contributed by atoms with Gasteiger partial charge in [0, 0.05) is 48.9 Å². The van der Waals surface area contributed by atoms with E-state index in [2.05, 4.69) is 32.2 Å². The minimum absolute atomic E-state index is 0.134. The lowest BCUT2D eigenvalue weighted by molar-refractivity contribution is 0.681. The molecule has 0 aromatic carbocycles. The first-order chi connectivity index (χ1) is 13.8. The number of nitrogens with zero attached hydrogens (tertiary/aromatic N) is 3. The van der Waals surface area contributed by atoms with Gasteiger partial charge in [-0.15, -0.1) is 0 Å². The Balaban J connectivity index is 1.59. The number of hydrogen-bond donors (Lipinski definition) is 2. The molecule has 3 aliphatic rings. The minimum atomic E-state index is -0.134. The zero-order valence-corrected chi connectivity index (χ0v) is 15.3. The van der Waals surface area contributed by atoms with Gasteiger partial charge in [0.1, 0.15) is 0 Å². The molecule has 0 atom stereocenters. The molecule has 1 aliphatic carbocycles. The van der Waals surface area contributed by atoms with Crippen molar-refractivity contribution in [3.05, 3.63) is 75.7 Å². The van der Waals surface area contributed by atoms with Crippen LogP contribution in [0.25, 0.3) is 5.57 Å². The van der Waals surface area contributed by atoms with E-state index in [0.717, 1.165) is 40.9 Å². The summed E-state index contributed by atoms with van der Waals surface area (Å²) in [6.07, 6.45) is 12.1. The summed E-state index contributed by atoms with van der Waals surface area (Å²) in [5.74, 6) is 7.05. The first-order valence-electron chi connectivity index (χ1n) is 9.43. The fourth-order valence-electron chi connectivity index (χ4n) is 3.36. The summed E-state index contributed by atoms with van der Waals surface area (Å²) in [7, 11) is 0. The molecular weight excluding hydrogens is 350 g/mol. The molecule has 0 spiro atoms. The average Bonchev–Trinajstić information content (AvgIpc) is 3.56. The molecule has 5 rings (SSSR count). The Hall–Kier alpha value is -3.43. The molecule has 0 saturated heterocycles. The van der Waals surface area contributed by atoms with Crippen LogP contribution in [-0.2, 0) is 6.54 Å². The van der Waals surface area contributed by atoms with Gasteiger partial charge in [-0.2, -0.15) is 0 Å². The van der Waals surface area contributed by atoms with Crippen LogP contribution < -0.4 is 16.0 Å². The van der Waals surface area contributed by atoms with Crippen molar-refractivity contribution in [3.8, 4) is 11.8 Å². The fraction of sp³-hybridized carbons (Fsp3) is 0.227. The van der Waals surface area contributed by atoms with Crippen LogP contribution >= 0.6 is 0 Å². The molecule has 0 radical (unpaired) electrons. The monoisotopic (exact) mass is 369 g/mol. The van der Waals surface area contributed by atoms with E-state index in [9.17, 15) is 4.79 Å². The molecule has 0 bridgehead atoms. The van der Waals surface area contributed by atoms with Crippen LogP contribution in [0.1, 0.15) is 36.1 Å². The van der Waals surface area contributed by atoms with Crippen LogP contribution in [0.3, 0.4) is 0 Å². The van der Waals surface area contributed by atoms with E-state index in [1.165, 1.54) is 0 Å². The van der Waals surface area contributed by atoms with Gasteiger partial charge in [-0.25, -0.2) is 5.43 Å². The van der Waals surface area contributed by atoms with Gasteiger partial charge in [-0.3, -0.25) is 19.8 Å². The third kappa shape index (κ3) is 3.17. The van der Waals surface area contributed by atoms with Gasteiger partial charge in [-0.05, 0) is 30.5 Å². The van der Waals surface area contributed by atoms with Crippen molar-refractivity contribution in [1.29, 1.82) is 0 Å². The largest absolute Gasteiger partial charge is 0.327 e. The van der Waals surface area contributed by atoms with Crippen LogP contribution in [0.5, 0.6) is 0 Å². The van der Waals surface area contributed by atoms with Gasteiger partial charge < -0.3 is 4.98 Å². The van der Waals surface area contributed by atoms with E-state index in [1.807, 2.05) is 35.6 Å². The summed E-state index contributed by atoms with van der Waals surface area (Å²) in [4.78, 5) is 24.2. The number of H-pyrrole nitrogens is 1. The van der Waals surface area contributed by atoms with Crippen molar-refractivity contribution in [1.82, 2.24) is 15.4 Å². The molecule has 6 heteroatoms. The molecule has 1 saturated carbocycles. The predicted molar refractivity (Wildman–Crippen MR) is 109 cm³/mol. The van der Waals surface area contributed by atoms with Gasteiger partial charge in [-0.1, -0.05) is 17.9 Å². The molecular formula is C22H19N5O. The Morgan fingerprint density at radius 2 is 2.25 bits per heavy atom. The van der Waals surface area contributed by atoms with E-state index < -0.39 is 0 Å². The standard InChI is InChI=1S/C22H19N5O/c28-22-20-19-13-23-10-8-17(19)14-27(26-12-18-3-1-2-9-24-18)21(20)16(11-25-22)7-6-15-4-5-15/h1-3,9-11,13-15,26H,4-5,8,12H2,(H,25,28). The molecule has 28 heavy (non-hydrogen) atoms. The number of nitrogens with one attached hydrogen (secondary N) is 2. The summed E-state index contributed by atoms with van der Waals surface area (Å²) in [6.45, 7) is 0.541. The number of anilines is 1. The number of aliphatic imine (C=N–C) groups is 1. The topological polar surface area (TPSA) is 73.4 Å². The van der Waals surface area contributed by atoms with Gasteiger partial charge in [0.15, 0.2) is 0 Å². The Morgan fingerprint density at radius 3 is 3.07 bits per heavy atom. The third-order valence-electron chi connectivity index (χ3n) is 4.97. The second-order valence-corrected chi connectivity index (χ2v) is 7.06. The van der Waals surface area contributed by atoms with Crippen LogP contribution in [0.2, 0.25) is 0 Å². The molecule has 0 amide bonds. The first kappa shape index (κ1) is 16.7. The normalized spacial score (nSPS) is 17.1. The second-order valence-electron chi connectivity index (χ2n) is 7.06. The van der Waals surface area contributed by atoms with Crippen LogP contribution in [-0.4, -0.2) is 16.2 Å². The highest BCUT2D eigenvalue weighted by Gasteiger charge is 2.28. The van der Waals surface area contributed by atoms with Crippen molar-refractivity contribution in [3.63, 3.8) is 0 Å². The van der Waals surface area contributed by atoms with E-state index in [0.29, 0.717) is 24.4 Å². The molecule has 1 fully saturated rings. The zero-order valence-electron chi connectivity index (χ0n) is 15.3. The maximum atomic E-state index is 12.8. The average molecular weight is 369 g/mol. The zero-order chi connectivity index (χ0) is 18.9. The maximum Gasteiger partial charge on any atom is 0.258 e. The van der Waals surface area contributed by atoms with Gasteiger partial charge in [0.25, 0.3) is 5.56 Å². The number of hydrogen-bond acceptors (Lipinski definition) is 5. The fourth-order valence-corrected chi connectivity index (χ4v) is 3.36. The third-order valence-corrected chi connectivity index (χ3v) is 4.97. The molecule has 0 unspecified atom stereocenters. The predicted octanol–water partition coefficient (Wildman–Crippen LogP) is 2.76. The Labute approximate surface area is 162 Å². The number of fused-ring (bicyclic) bond motifs is 3. The lowest BCUT2D eigenvalue weighted by atomic mass is 9.91. The summed E-state index contributed by atoms with van der Waals surface area (Å²) in [6, 6.07) is 5.82. The number of allylic oxidation sites excluding steroid dienone is 2. The summed E-state index contributed by atoms with van der Waals surface area (Å²) in [5, 5.41) is 1.92. The minimum Gasteiger partial charge on any atom is -0.327 e. The summed E-state index contributed by atoms with van der Waals surface area (Å²) < 4.78 is 0. The Bertz CT molecular complexity index is 1130. The first-order valence-corrected chi connectivity index (χ1v) is 9.43. The number of aromatic nitrogens is 2. The molecule has 2 N–H and O–H groups in total.